The fourth-order valence-corrected chi connectivity index (χ4v) is 10.9. The zero-order valence-electron chi connectivity index (χ0n) is 39.9. The third-order valence-corrected chi connectivity index (χ3v) is 14.5. The molecule has 0 amide bonds. The number of hydrogen-bond acceptors (Lipinski definition) is 0. The molecule has 0 aliphatic heterocycles. The Labute approximate surface area is 381 Å². The van der Waals surface area contributed by atoms with Gasteiger partial charge in [0.15, 0.2) is 0 Å². The molecule has 0 aromatic heterocycles. The van der Waals surface area contributed by atoms with Gasteiger partial charge in [-0.25, -0.2) is 0 Å². The van der Waals surface area contributed by atoms with E-state index in [9.17, 15) is 0 Å². The van der Waals surface area contributed by atoms with Crippen molar-refractivity contribution in [3.63, 3.8) is 0 Å². The highest BCUT2D eigenvalue weighted by atomic mass is 14.4. The number of fused-ring (bicyclic) bond motifs is 8. The molecule has 0 fully saturated rings. The number of rotatable bonds is 3. The summed E-state index contributed by atoms with van der Waals surface area (Å²) in [4.78, 5) is 0. The Hall–Kier alpha value is -6.24. The lowest BCUT2D eigenvalue weighted by molar-refractivity contribution is 0.568. The van der Waals surface area contributed by atoms with Gasteiger partial charge in [-0.2, -0.15) is 0 Å². The van der Waals surface area contributed by atoms with Crippen molar-refractivity contribution in [3.05, 3.63) is 168 Å². The maximum atomic E-state index is 2.51. The third kappa shape index (κ3) is 6.09. The van der Waals surface area contributed by atoms with Crippen LogP contribution in [0.2, 0.25) is 0 Å². The van der Waals surface area contributed by atoms with Crippen LogP contribution in [-0.2, 0) is 21.7 Å². The Morgan fingerprint density at radius 2 is 0.609 bits per heavy atom. The minimum Gasteiger partial charge on any atom is -0.0622 e. The second-order valence-corrected chi connectivity index (χ2v) is 23.0. The van der Waals surface area contributed by atoms with Gasteiger partial charge in [0.25, 0.3) is 0 Å². The summed E-state index contributed by atoms with van der Waals surface area (Å²) in [5.41, 5.74) is 24.0. The normalized spacial score (nSPS) is 13.3. The van der Waals surface area contributed by atoms with Crippen LogP contribution in [0.15, 0.2) is 146 Å². The number of benzene rings is 9. The first-order valence-corrected chi connectivity index (χ1v) is 23.4. The summed E-state index contributed by atoms with van der Waals surface area (Å²) in [5, 5.41) is 7.96. The van der Waals surface area contributed by atoms with Crippen molar-refractivity contribution in [2.75, 3.05) is 0 Å². The summed E-state index contributed by atoms with van der Waals surface area (Å²) in [5.74, 6) is 0. The molecule has 0 unspecified atom stereocenters. The molecule has 0 atom stereocenters. The SMILES string of the molecule is CC(C)(C)c1cc(-c2c3c(c(-c4cc(C(C)(C)C)cc(C(C)(C)C)c4)c4ccccc24)-c2ccc4c5c(ccc-3c25)-c2cc3ccccc3c(-c3ccccc3)c2-4)cc(C(C)(C)C)c1. The van der Waals surface area contributed by atoms with Gasteiger partial charge < -0.3 is 0 Å². The Morgan fingerprint density at radius 3 is 1.06 bits per heavy atom. The van der Waals surface area contributed by atoms with E-state index in [0.717, 1.165) is 0 Å². The van der Waals surface area contributed by atoms with Crippen LogP contribution in [0.25, 0.3) is 110 Å². The molecule has 64 heavy (non-hydrogen) atoms. The first-order valence-electron chi connectivity index (χ1n) is 23.4. The highest BCUT2D eigenvalue weighted by Gasteiger charge is 2.37. The first kappa shape index (κ1) is 40.5. The summed E-state index contributed by atoms with van der Waals surface area (Å²) >= 11 is 0. The summed E-state index contributed by atoms with van der Waals surface area (Å²) in [7, 11) is 0. The minimum absolute atomic E-state index is 0.0248. The van der Waals surface area contributed by atoms with Crippen molar-refractivity contribution in [1.29, 1.82) is 0 Å². The molecule has 0 nitrogen and oxygen atoms in total. The molecule has 2 aliphatic rings. The van der Waals surface area contributed by atoms with Crippen LogP contribution in [-0.4, -0.2) is 0 Å². The van der Waals surface area contributed by atoms with Crippen LogP contribution in [0.1, 0.15) is 105 Å². The second-order valence-electron chi connectivity index (χ2n) is 23.0. The molecule has 0 bridgehead atoms. The predicted octanol–water partition coefficient (Wildman–Crippen LogP) is 18.6. The standard InChI is InChI=1S/C64H60/c1-61(2,3)41-30-39(31-42(35-41)62(4,5)6)54-46-24-18-19-25-47(46)55(40-32-43(63(7,8)9)36-44(33-40)64(10,11)12)60-51-29-28-49-56-48(26-27-50(57(51)56)59(54)60)52-34-38-22-16-17-23-45(38)53(58(49)52)37-20-14-13-15-21-37/h13-36H,1-12H3. The van der Waals surface area contributed by atoms with Crippen LogP contribution in [0.4, 0.5) is 0 Å². The largest absolute Gasteiger partial charge is 0.0622 e. The average Bonchev–Trinajstić information content (AvgIpc) is 3.75. The van der Waals surface area contributed by atoms with Crippen molar-refractivity contribution in [2.45, 2.75) is 105 Å². The summed E-state index contributed by atoms with van der Waals surface area (Å²) in [6, 6.07) is 56.7. The van der Waals surface area contributed by atoms with E-state index in [1.807, 2.05) is 0 Å². The topological polar surface area (TPSA) is 0 Å². The molecule has 2 aliphatic carbocycles. The van der Waals surface area contributed by atoms with Crippen LogP contribution < -0.4 is 0 Å². The van der Waals surface area contributed by atoms with E-state index in [1.165, 1.54) is 132 Å². The van der Waals surface area contributed by atoms with Crippen LogP contribution >= 0.6 is 0 Å². The van der Waals surface area contributed by atoms with Crippen LogP contribution in [0.5, 0.6) is 0 Å². The lowest BCUT2D eigenvalue weighted by Crippen LogP contribution is -2.17. The van der Waals surface area contributed by atoms with Gasteiger partial charge in [-0.1, -0.05) is 223 Å². The van der Waals surface area contributed by atoms with Gasteiger partial charge >= 0.3 is 0 Å². The number of hydrogen-bond donors (Lipinski definition) is 0. The molecule has 0 heteroatoms. The van der Waals surface area contributed by atoms with E-state index >= 15 is 0 Å². The van der Waals surface area contributed by atoms with Gasteiger partial charge in [0.05, 0.1) is 0 Å². The molecule has 0 saturated heterocycles. The molecule has 9 aromatic rings. The van der Waals surface area contributed by atoms with E-state index in [4.69, 9.17) is 0 Å². The van der Waals surface area contributed by atoms with Crippen molar-refractivity contribution in [2.24, 2.45) is 0 Å². The first-order chi connectivity index (χ1) is 30.3. The zero-order chi connectivity index (χ0) is 44.8. The van der Waals surface area contributed by atoms with Crippen molar-refractivity contribution >= 4 is 32.3 Å². The van der Waals surface area contributed by atoms with E-state index < -0.39 is 0 Å². The second kappa shape index (κ2) is 13.6. The van der Waals surface area contributed by atoms with E-state index in [1.54, 1.807) is 0 Å². The molecular formula is C64H60. The molecule has 0 spiro atoms. The fraction of sp³-hybridized carbons (Fsp3) is 0.250. The lowest BCUT2D eigenvalue weighted by Gasteiger charge is -2.29. The summed E-state index contributed by atoms with van der Waals surface area (Å²) in [6.45, 7) is 28.3. The monoisotopic (exact) mass is 828 g/mol. The molecule has 9 aromatic carbocycles. The third-order valence-electron chi connectivity index (χ3n) is 14.5. The Balaban J connectivity index is 1.32. The lowest BCUT2D eigenvalue weighted by atomic mass is 9.75. The van der Waals surface area contributed by atoms with Gasteiger partial charge in [0, 0.05) is 0 Å². The minimum atomic E-state index is -0.0248. The van der Waals surface area contributed by atoms with E-state index in [2.05, 4.69) is 229 Å². The maximum absolute atomic E-state index is 2.51. The molecular weight excluding hydrogens is 769 g/mol. The van der Waals surface area contributed by atoms with Crippen LogP contribution in [0.3, 0.4) is 0 Å². The smallest absolute Gasteiger partial charge is 0.000740 e. The van der Waals surface area contributed by atoms with Crippen molar-refractivity contribution in [1.82, 2.24) is 0 Å². The van der Waals surface area contributed by atoms with Crippen LogP contribution in [0, 0.1) is 0 Å². The Morgan fingerprint density at radius 1 is 0.250 bits per heavy atom. The van der Waals surface area contributed by atoms with E-state index in [0.29, 0.717) is 0 Å². The van der Waals surface area contributed by atoms with Gasteiger partial charge in [-0.05, 0) is 160 Å². The average molecular weight is 829 g/mol. The summed E-state index contributed by atoms with van der Waals surface area (Å²) < 4.78 is 0. The van der Waals surface area contributed by atoms with Gasteiger partial charge in [0.2, 0.25) is 0 Å². The summed E-state index contributed by atoms with van der Waals surface area (Å²) in [6.07, 6.45) is 0. The highest BCUT2D eigenvalue weighted by molar-refractivity contribution is 6.33. The quantitative estimate of drug-likeness (QED) is 0.166. The molecule has 0 heterocycles. The van der Waals surface area contributed by atoms with Crippen molar-refractivity contribution in [3.8, 4) is 77.9 Å². The fourth-order valence-electron chi connectivity index (χ4n) is 10.9. The van der Waals surface area contributed by atoms with Gasteiger partial charge in [-0.3, -0.25) is 0 Å². The Kier molecular flexibility index (Phi) is 8.64. The van der Waals surface area contributed by atoms with Gasteiger partial charge in [0.1, 0.15) is 0 Å². The molecule has 316 valence electrons. The molecule has 11 rings (SSSR count). The van der Waals surface area contributed by atoms with Crippen molar-refractivity contribution < 1.29 is 0 Å². The highest BCUT2D eigenvalue weighted by Crippen LogP contribution is 2.63. The predicted molar refractivity (Wildman–Crippen MR) is 279 cm³/mol. The van der Waals surface area contributed by atoms with Gasteiger partial charge in [-0.15, -0.1) is 0 Å². The Bertz CT molecular complexity index is 3240. The molecule has 0 N–H and O–H groups in total. The molecule has 0 saturated carbocycles. The molecule has 0 radical (unpaired) electrons. The maximum Gasteiger partial charge on any atom is -0.000740 e. The zero-order valence-corrected chi connectivity index (χ0v) is 39.9. The van der Waals surface area contributed by atoms with E-state index in [-0.39, 0.29) is 21.7 Å².